The first kappa shape index (κ1) is 10.4. The molecule has 2 N–H and O–H groups in total. The third-order valence-electron chi connectivity index (χ3n) is 1.64. The van der Waals surface area contributed by atoms with E-state index in [4.69, 9.17) is 26.4 Å². The molecular weight excluding hydrogens is 190 g/mol. The number of rotatable bonds is 3. The maximum Gasteiger partial charge on any atom is 0.456 e. The van der Waals surface area contributed by atoms with Gasteiger partial charge in [0, 0.05) is 11.3 Å². The summed E-state index contributed by atoms with van der Waals surface area (Å²) >= 11 is 5.74. The van der Waals surface area contributed by atoms with Crippen molar-refractivity contribution in [2.45, 2.75) is 6.32 Å². The molecule has 0 spiro atoms. The Hall–Kier alpha value is -0.705. The highest BCUT2D eigenvalue weighted by molar-refractivity contribution is 6.40. The molecule has 0 unspecified atom stereocenters. The fourth-order valence-electron chi connectivity index (χ4n) is 1.10. The molecule has 3 nitrogen and oxygen atoms in total. The molecule has 1 aromatic rings. The van der Waals surface area contributed by atoms with Gasteiger partial charge >= 0.3 is 7.12 Å². The van der Waals surface area contributed by atoms with Gasteiger partial charge in [0.2, 0.25) is 0 Å². The largest absolute Gasteiger partial charge is 0.497 e. The third kappa shape index (κ3) is 2.92. The first-order valence-corrected chi connectivity index (χ1v) is 4.20. The quantitative estimate of drug-likeness (QED) is 0.713. The van der Waals surface area contributed by atoms with Crippen LogP contribution in [-0.2, 0) is 6.32 Å². The summed E-state index contributed by atoms with van der Waals surface area (Å²) in [4.78, 5) is 0. The van der Waals surface area contributed by atoms with E-state index >= 15 is 0 Å². The van der Waals surface area contributed by atoms with Gasteiger partial charge in [0.1, 0.15) is 5.75 Å². The van der Waals surface area contributed by atoms with Gasteiger partial charge in [0.15, 0.2) is 0 Å². The molecule has 0 aromatic heterocycles. The second-order valence-electron chi connectivity index (χ2n) is 2.64. The standard InChI is InChI=1S/C8H10BClO3/c1-13-8-3-2-7(10)4-6(8)5-9(11)12/h2-4,11-12H,5H2,1H3. The molecule has 1 aromatic carbocycles. The Morgan fingerprint density at radius 3 is 2.69 bits per heavy atom. The summed E-state index contributed by atoms with van der Waals surface area (Å²) < 4.78 is 5.02. The zero-order chi connectivity index (χ0) is 9.84. The Bertz CT molecular complexity index is 291. The van der Waals surface area contributed by atoms with Crippen molar-refractivity contribution in [1.29, 1.82) is 0 Å². The molecule has 0 atom stereocenters. The van der Waals surface area contributed by atoms with Crippen LogP contribution in [0.5, 0.6) is 5.75 Å². The van der Waals surface area contributed by atoms with Crippen LogP contribution in [0.15, 0.2) is 18.2 Å². The zero-order valence-electron chi connectivity index (χ0n) is 7.20. The second kappa shape index (κ2) is 4.51. The Morgan fingerprint density at radius 2 is 2.15 bits per heavy atom. The van der Waals surface area contributed by atoms with E-state index in [2.05, 4.69) is 0 Å². The number of halogens is 1. The molecule has 0 heterocycles. The van der Waals surface area contributed by atoms with Crippen molar-refractivity contribution in [3.05, 3.63) is 28.8 Å². The fourth-order valence-corrected chi connectivity index (χ4v) is 1.30. The highest BCUT2D eigenvalue weighted by atomic mass is 35.5. The minimum atomic E-state index is -1.38. The molecule has 0 fully saturated rings. The molecule has 70 valence electrons. The van der Waals surface area contributed by atoms with E-state index in [0.29, 0.717) is 16.3 Å². The van der Waals surface area contributed by atoms with Crippen LogP contribution in [0.1, 0.15) is 5.56 Å². The molecule has 0 saturated carbocycles. The molecule has 0 bridgehead atoms. The van der Waals surface area contributed by atoms with Gasteiger partial charge < -0.3 is 14.8 Å². The minimum Gasteiger partial charge on any atom is -0.497 e. The summed E-state index contributed by atoms with van der Waals surface area (Å²) in [6, 6.07) is 5.04. The lowest BCUT2D eigenvalue weighted by Gasteiger charge is -2.07. The maximum atomic E-state index is 8.77. The van der Waals surface area contributed by atoms with Crippen molar-refractivity contribution in [3.63, 3.8) is 0 Å². The summed E-state index contributed by atoms with van der Waals surface area (Å²) in [7, 11) is 0.142. The van der Waals surface area contributed by atoms with Crippen molar-refractivity contribution in [3.8, 4) is 5.75 Å². The van der Waals surface area contributed by atoms with Gasteiger partial charge in [-0.1, -0.05) is 11.6 Å². The summed E-state index contributed by atoms with van der Waals surface area (Å²) in [5, 5.41) is 18.1. The highest BCUT2D eigenvalue weighted by Gasteiger charge is 2.12. The van der Waals surface area contributed by atoms with Crippen LogP contribution >= 0.6 is 11.6 Å². The van der Waals surface area contributed by atoms with E-state index < -0.39 is 7.12 Å². The van der Waals surface area contributed by atoms with Crippen LogP contribution in [0.2, 0.25) is 5.02 Å². The minimum absolute atomic E-state index is 0.115. The van der Waals surface area contributed by atoms with Crippen LogP contribution < -0.4 is 4.74 Å². The van der Waals surface area contributed by atoms with Gasteiger partial charge in [-0.25, -0.2) is 0 Å². The smallest absolute Gasteiger partial charge is 0.456 e. The van der Waals surface area contributed by atoms with Crippen LogP contribution in [-0.4, -0.2) is 24.3 Å². The Morgan fingerprint density at radius 1 is 1.46 bits per heavy atom. The lowest BCUT2D eigenvalue weighted by Crippen LogP contribution is -2.15. The van der Waals surface area contributed by atoms with Crippen molar-refractivity contribution >= 4 is 18.7 Å². The number of hydrogen-bond donors (Lipinski definition) is 2. The monoisotopic (exact) mass is 200 g/mol. The molecule has 0 amide bonds. The Labute approximate surface area is 82.1 Å². The van der Waals surface area contributed by atoms with Crippen LogP contribution in [0.25, 0.3) is 0 Å². The van der Waals surface area contributed by atoms with Gasteiger partial charge in [-0.05, 0) is 23.8 Å². The number of methoxy groups -OCH3 is 1. The van der Waals surface area contributed by atoms with E-state index in [-0.39, 0.29) is 6.32 Å². The fraction of sp³-hybridized carbons (Fsp3) is 0.250. The van der Waals surface area contributed by atoms with E-state index in [0.717, 1.165) is 0 Å². The zero-order valence-corrected chi connectivity index (χ0v) is 7.95. The van der Waals surface area contributed by atoms with Gasteiger partial charge in [-0.3, -0.25) is 0 Å². The van der Waals surface area contributed by atoms with Gasteiger partial charge in [-0.15, -0.1) is 0 Å². The molecule has 0 aliphatic rings. The maximum absolute atomic E-state index is 8.77. The number of benzene rings is 1. The van der Waals surface area contributed by atoms with E-state index in [9.17, 15) is 0 Å². The summed E-state index contributed by atoms with van der Waals surface area (Å²) in [5.41, 5.74) is 0.685. The predicted molar refractivity (Wildman–Crippen MR) is 51.9 cm³/mol. The molecule has 0 saturated heterocycles. The SMILES string of the molecule is COc1ccc(Cl)cc1CB(O)O. The van der Waals surface area contributed by atoms with Gasteiger partial charge in [0.05, 0.1) is 7.11 Å². The lowest BCUT2D eigenvalue weighted by atomic mass is 9.82. The highest BCUT2D eigenvalue weighted by Crippen LogP contribution is 2.22. The van der Waals surface area contributed by atoms with Crippen LogP contribution in [0.4, 0.5) is 0 Å². The molecule has 0 aliphatic heterocycles. The Kier molecular flexibility index (Phi) is 3.60. The van der Waals surface area contributed by atoms with E-state index in [1.165, 1.54) is 7.11 Å². The molecule has 5 heteroatoms. The lowest BCUT2D eigenvalue weighted by molar-refractivity contribution is 0.394. The number of hydrogen-bond acceptors (Lipinski definition) is 3. The third-order valence-corrected chi connectivity index (χ3v) is 1.88. The van der Waals surface area contributed by atoms with Crippen molar-refractivity contribution in [1.82, 2.24) is 0 Å². The van der Waals surface area contributed by atoms with Gasteiger partial charge in [-0.2, -0.15) is 0 Å². The summed E-state index contributed by atoms with van der Waals surface area (Å²) in [5.74, 6) is 0.609. The van der Waals surface area contributed by atoms with E-state index in [1.807, 2.05) is 0 Å². The second-order valence-corrected chi connectivity index (χ2v) is 3.08. The first-order valence-electron chi connectivity index (χ1n) is 3.82. The molecule has 0 radical (unpaired) electrons. The van der Waals surface area contributed by atoms with Crippen molar-refractivity contribution < 1.29 is 14.8 Å². The normalized spacial score (nSPS) is 9.85. The van der Waals surface area contributed by atoms with E-state index in [1.54, 1.807) is 18.2 Å². The van der Waals surface area contributed by atoms with Crippen molar-refractivity contribution in [2.75, 3.05) is 7.11 Å². The predicted octanol–water partition coefficient (Wildman–Crippen LogP) is 0.903. The molecular formula is C8H10BClO3. The summed E-state index contributed by atoms with van der Waals surface area (Å²) in [6.45, 7) is 0. The average molecular weight is 200 g/mol. The average Bonchev–Trinajstić information content (AvgIpc) is 2.03. The molecule has 1 rings (SSSR count). The van der Waals surface area contributed by atoms with Gasteiger partial charge in [0.25, 0.3) is 0 Å². The van der Waals surface area contributed by atoms with Crippen LogP contribution in [0.3, 0.4) is 0 Å². The number of ether oxygens (including phenoxy) is 1. The molecule has 0 aliphatic carbocycles. The van der Waals surface area contributed by atoms with Crippen LogP contribution in [0, 0.1) is 0 Å². The first-order chi connectivity index (χ1) is 6.13. The van der Waals surface area contributed by atoms with Crippen molar-refractivity contribution in [2.24, 2.45) is 0 Å². The topological polar surface area (TPSA) is 49.7 Å². The molecule has 13 heavy (non-hydrogen) atoms. The Balaban J connectivity index is 2.94. The summed E-state index contributed by atoms with van der Waals surface area (Å²) in [6.07, 6.45) is 0.115.